The lowest BCUT2D eigenvalue weighted by atomic mass is 10.0. The molecule has 0 spiro atoms. The summed E-state index contributed by atoms with van der Waals surface area (Å²) >= 11 is 0. The molecule has 7 heteroatoms. The summed E-state index contributed by atoms with van der Waals surface area (Å²) < 4.78 is 21.8. The van der Waals surface area contributed by atoms with Crippen LogP contribution in [0.5, 0.6) is 0 Å². The summed E-state index contributed by atoms with van der Waals surface area (Å²) in [4.78, 5) is 12.1. The zero-order valence-corrected chi connectivity index (χ0v) is 16.6. The number of hydrogen-bond donors (Lipinski definition) is 1. The third kappa shape index (κ3) is 3.56. The monoisotopic (exact) mass is 383 g/mol. The van der Waals surface area contributed by atoms with Crippen molar-refractivity contribution in [3.05, 3.63) is 53.5 Å². The number of piperidine rings is 1. The summed E-state index contributed by atoms with van der Waals surface area (Å²) in [6, 6.07) is 7.57. The molecular weight excluding hydrogens is 358 g/mol. The number of aromatic nitrogens is 3. The maximum absolute atomic E-state index is 11.9. The second kappa shape index (κ2) is 6.96. The fraction of sp³-hybridized carbons (Fsp3) is 0.400. The van der Waals surface area contributed by atoms with Gasteiger partial charge in [-0.3, -0.25) is 4.40 Å². The molecule has 0 radical (unpaired) electrons. The van der Waals surface area contributed by atoms with Gasteiger partial charge in [0.2, 0.25) is 5.78 Å². The van der Waals surface area contributed by atoms with Gasteiger partial charge in [-0.05, 0) is 43.9 Å². The van der Waals surface area contributed by atoms with Gasteiger partial charge in [-0.2, -0.15) is 0 Å². The van der Waals surface area contributed by atoms with Crippen molar-refractivity contribution >= 4 is 21.3 Å². The average molecular weight is 384 g/mol. The Bertz CT molecular complexity index is 1060. The number of imidazole rings is 1. The molecule has 27 heavy (non-hydrogen) atoms. The summed E-state index contributed by atoms with van der Waals surface area (Å²) in [6.07, 6.45) is 9.71. The van der Waals surface area contributed by atoms with Gasteiger partial charge in [0.15, 0.2) is 0 Å². The van der Waals surface area contributed by atoms with Crippen LogP contribution < -0.4 is 4.90 Å². The molecule has 1 aliphatic heterocycles. The normalized spacial score (nSPS) is 17.2. The van der Waals surface area contributed by atoms with Gasteiger partial charge in [-0.1, -0.05) is 12.1 Å². The maximum atomic E-state index is 11.9. The number of nitrogens with zero attached hydrogens (tertiary/aromatic N) is 4. The molecule has 1 aromatic carbocycles. The fourth-order valence-electron chi connectivity index (χ4n) is 3.80. The first-order chi connectivity index (χ1) is 12.9. The van der Waals surface area contributed by atoms with E-state index < -0.39 is 9.73 Å². The molecule has 1 aliphatic rings. The zero-order chi connectivity index (χ0) is 19.0. The summed E-state index contributed by atoms with van der Waals surface area (Å²) in [6.45, 7) is 4.16. The van der Waals surface area contributed by atoms with Crippen LogP contribution in [0.4, 0.5) is 5.82 Å². The van der Waals surface area contributed by atoms with Crippen molar-refractivity contribution in [2.75, 3.05) is 24.2 Å². The van der Waals surface area contributed by atoms with Crippen molar-refractivity contribution < 1.29 is 4.21 Å². The Balaban J connectivity index is 1.77. The molecule has 6 nitrogen and oxygen atoms in total. The highest BCUT2D eigenvalue weighted by atomic mass is 32.2. The molecule has 0 bridgehead atoms. The summed E-state index contributed by atoms with van der Waals surface area (Å²) in [5, 5.41) is 0. The van der Waals surface area contributed by atoms with Crippen molar-refractivity contribution in [2.24, 2.45) is 0 Å². The molecule has 0 aliphatic carbocycles. The number of fused-ring (bicyclic) bond motifs is 1. The van der Waals surface area contributed by atoms with Crippen LogP contribution in [-0.4, -0.2) is 37.9 Å². The van der Waals surface area contributed by atoms with Gasteiger partial charge < -0.3 is 4.90 Å². The largest absolute Gasteiger partial charge is 0.357 e. The van der Waals surface area contributed by atoms with Crippen LogP contribution in [-0.2, 0) is 16.1 Å². The third-order valence-electron chi connectivity index (χ3n) is 5.23. The molecule has 1 unspecified atom stereocenters. The number of benzene rings is 1. The highest BCUT2D eigenvalue weighted by molar-refractivity contribution is 7.91. The Morgan fingerprint density at radius 3 is 2.52 bits per heavy atom. The Hall–Kier alpha value is -2.41. The Labute approximate surface area is 160 Å². The predicted octanol–water partition coefficient (Wildman–Crippen LogP) is 3.65. The van der Waals surface area contributed by atoms with Gasteiger partial charge in [0, 0.05) is 54.3 Å². The molecule has 1 atom stereocenters. The van der Waals surface area contributed by atoms with E-state index in [1.54, 1.807) is 6.20 Å². The fourth-order valence-corrected chi connectivity index (χ4v) is 4.45. The molecule has 1 N–H and O–H groups in total. The van der Waals surface area contributed by atoms with Crippen molar-refractivity contribution in [1.29, 1.82) is 4.78 Å². The Morgan fingerprint density at radius 1 is 1.15 bits per heavy atom. The SMILES string of the molecule is Cc1nc2nccn2c(N2CCCCC2)c1Cc1ccc(S(C)(=N)=O)cc1. The topological polar surface area (TPSA) is 74.3 Å². The van der Waals surface area contributed by atoms with Crippen LogP contribution in [0.3, 0.4) is 0 Å². The van der Waals surface area contributed by atoms with E-state index in [4.69, 9.17) is 9.76 Å². The highest BCUT2D eigenvalue weighted by Crippen LogP contribution is 2.29. The van der Waals surface area contributed by atoms with E-state index in [-0.39, 0.29) is 0 Å². The standard InChI is InChI=1S/C20H25N5OS/c1-15-18(14-16-6-8-17(9-7-16)27(2,21)26)19(24-11-4-3-5-12-24)25-13-10-22-20(25)23-15/h6-10,13,21H,3-5,11-12,14H2,1-2H3. The van der Waals surface area contributed by atoms with E-state index >= 15 is 0 Å². The summed E-state index contributed by atoms with van der Waals surface area (Å²) in [5.41, 5.74) is 3.33. The quantitative estimate of drug-likeness (QED) is 0.746. The van der Waals surface area contributed by atoms with E-state index in [1.165, 1.54) is 36.9 Å². The lowest BCUT2D eigenvalue weighted by molar-refractivity contribution is 0.569. The van der Waals surface area contributed by atoms with E-state index in [0.717, 1.165) is 36.5 Å². The summed E-state index contributed by atoms with van der Waals surface area (Å²) in [5.74, 6) is 1.94. The van der Waals surface area contributed by atoms with Crippen molar-refractivity contribution in [2.45, 2.75) is 37.5 Å². The maximum Gasteiger partial charge on any atom is 0.235 e. The van der Waals surface area contributed by atoms with E-state index in [0.29, 0.717) is 4.90 Å². The van der Waals surface area contributed by atoms with Crippen LogP contribution in [0.15, 0.2) is 41.6 Å². The van der Waals surface area contributed by atoms with Crippen LogP contribution in [0.2, 0.25) is 0 Å². The van der Waals surface area contributed by atoms with Crippen LogP contribution in [0.1, 0.15) is 36.1 Å². The van der Waals surface area contributed by atoms with Gasteiger partial charge in [0.25, 0.3) is 0 Å². The lowest BCUT2D eigenvalue weighted by Gasteiger charge is -2.31. The average Bonchev–Trinajstić information content (AvgIpc) is 3.10. The van der Waals surface area contributed by atoms with Gasteiger partial charge >= 0.3 is 0 Å². The van der Waals surface area contributed by atoms with Gasteiger partial charge in [-0.15, -0.1) is 0 Å². The molecule has 0 saturated carbocycles. The van der Waals surface area contributed by atoms with Crippen LogP contribution in [0, 0.1) is 11.7 Å². The third-order valence-corrected chi connectivity index (χ3v) is 6.41. The lowest BCUT2D eigenvalue weighted by Crippen LogP contribution is -2.32. The van der Waals surface area contributed by atoms with Crippen molar-refractivity contribution in [1.82, 2.24) is 14.4 Å². The minimum Gasteiger partial charge on any atom is -0.357 e. The molecule has 3 heterocycles. The number of aryl methyl sites for hydroxylation is 1. The molecular formula is C20H25N5OS. The van der Waals surface area contributed by atoms with E-state index in [1.807, 2.05) is 30.5 Å². The molecule has 0 amide bonds. The second-order valence-corrected chi connectivity index (χ2v) is 9.47. The van der Waals surface area contributed by atoms with Crippen molar-refractivity contribution in [3.8, 4) is 0 Å². The molecule has 142 valence electrons. The molecule has 4 rings (SSSR count). The van der Waals surface area contributed by atoms with Crippen molar-refractivity contribution in [3.63, 3.8) is 0 Å². The molecule has 1 saturated heterocycles. The smallest absolute Gasteiger partial charge is 0.235 e. The first-order valence-electron chi connectivity index (χ1n) is 9.34. The number of hydrogen-bond acceptors (Lipinski definition) is 5. The van der Waals surface area contributed by atoms with Gasteiger partial charge in [-0.25, -0.2) is 19.0 Å². The van der Waals surface area contributed by atoms with Crippen LogP contribution in [0.25, 0.3) is 5.78 Å². The number of nitrogens with one attached hydrogen (secondary N) is 1. The van der Waals surface area contributed by atoms with Gasteiger partial charge in [0.05, 0.1) is 9.73 Å². The minimum absolute atomic E-state index is 0.572. The second-order valence-electron chi connectivity index (χ2n) is 7.31. The first-order valence-corrected chi connectivity index (χ1v) is 11.3. The van der Waals surface area contributed by atoms with E-state index in [2.05, 4.69) is 21.2 Å². The van der Waals surface area contributed by atoms with Gasteiger partial charge in [0.1, 0.15) is 5.82 Å². The Morgan fingerprint density at radius 2 is 1.85 bits per heavy atom. The number of anilines is 1. The molecule has 1 fully saturated rings. The number of rotatable bonds is 4. The first kappa shape index (κ1) is 18.0. The highest BCUT2D eigenvalue weighted by Gasteiger charge is 2.21. The van der Waals surface area contributed by atoms with E-state index in [9.17, 15) is 4.21 Å². The molecule has 2 aromatic heterocycles. The molecule has 3 aromatic rings. The van der Waals surface area contributed by atoms with Crippen LogP contribution >= 0.6 is 0 Å². The minimum atomic E-state index is -2.68. The summed E-state index contributed by atoms with van der Waals surface area (Å²) in [7, 11) is -2.68. The predicted molar refractivity (Wildman–Crippen MR) is 108 cm³/mol. The Kier molecular flexibility index (Phi) is 4.63. The zero-order valence-electron chi connectivity index (χ0n) is 15.8.